The molecule has 0 aliphatic carbocycles. The molecule has 1 amide bonds. The topological polar surface area (TPSA) is 65.2 Å². The normalized spacial score (nSPS) is 10.0. The van der Waals surface area contributed by atoms with Crippen molar-refractivity contribution in [1.82, 2.24) is 4.98 Å². The number of nitrogens with zero attached hydrogens (tertiary/aromatic N) is 1. The van der Waals surface area contributed by atoms with E-state index >= 15 is 0 Å². The third kappa shape index (κ3) is 3.22. The fourth-order valence-electron chi connectivity index (χ4n) is 1.63. The lowest BCUT2D eigenvalue weighted by Crippen LogP contribution is -2.15. The minimum atomic E-state index is -0.302. The molecule has 2 N–H and O–H groups in total. The van der Waals surface area contributed by atoms with E-state index in [1.165, 1.54) is 12.3 Å². The number of H-pyrrole nitrogens is 1. The molecular weight excluding hydrogens is 242 g/mol. The first kappa shape index (κ1) is 12.9. The third-order valence-electron chi connectivity index (χ3n) is 2.68. The summed E-state index contributed by atoms with van der Waals surface area (Å²) in [4.78, 5) is 27.5. The van der Waals surface area contributed by atoms with E-state index in [-0.39, 0.29) is 11.5 Å². The zero-order valence-corrected chi connectivity index (χ0v) is 10.8. The first-order chi connectivity index (χ1) is 9.06. The van der Waals surface area contributed by atoms with Gasteiger partial charge in [-0.2, -0.15) is 0 Å². The summed E-state index contributed by atoms with van der Waals surface area (Å²) < 4.78 is 0. The van der Waals surface area contributed by atoms with E-state index in [4.69, 9.17) is 0 Å². The number of amides is 1. The van der Waals surface area contributed by atoms with Crippen LogP contribution < -0.4 is 15.8 Å². The van der Waals surface area contributed by atoms with E-state index in [0.29, 0.717) is 11.3 Å². The Labute approximate surface area is 110 Å². The van der Waals surface area contributed by atoms with Crippen LogP contribution in [0.4, 0.5) is 11.4 Å². The van der Waals surface area contributed by atoms with Gasteiger partial charge < -0.3 is 15.2 Å². The maximum absolute atomic E-state index is 11.9. The molecule has 2 aromatic rings. The first-order valence-electron chi connectivity index (χ1n) is 5.84. The van der Waals surface area contributed by atoms with Gasteiger partial charge in [0.1, 0.15) is 0 Å². The van der Waals surface area contributed by atoms with Crippen molar-refractivity contribution in [2.24, 2.45) is 0 Å². The number of carbonyl (C=O) groups excluding carboxylic acids is 1. The lowest BCUT2D eigenvalue weighted by molar-refractivity contribution is 0.102. The van der Waals surface area contributed by atoms with Crippen LogP contribution in [-0.4, -0.2) is 25.0 Å². The van der Waals surface area contributed by atoms with E-state index in [1.54, 1.807) is 6.07 Å². The number of aromatic amines is 1. The molecule has 1 aromatic carbocycles. The van der Waals surface area contributed by atoms with Crippen molar-refractivity contribution in [1.29, 1.82) is 0 Å². The number of nitrogens with one attached hydrogen (secondary N) is 2. The summed E-state index contributed by atoms with van der Waals surface area (Å²) in [6.45, 7) is 0. The van der Waals surface area contributed by atoms with Crippen molar-refractivity contribution in [2.75, 3.05) is 24.3 Å². The third-order valence-corrected chi connectivity index (χ3v) is 2.68. The number of anilines is 2. The fourth-order valence-corrected chi connectivity index (χ4v) is 1.63. The van der Waals surface area contributed by atoms with Crippen LogP contribution in [0, 0.1) is 0 Å². The second kappa shape index (κ2) is 5.39. The number of carbonyl (C=O) groups is 1. The maximum atomic E-state index is 11.9. The molecule has 0 aliphatic heterocycles. The molecular formula is C14H15N3O2. The van der Waals surface area contributed by atoms with Crippen molar-refractivity contribution in [3.8, 4) is 0 Å². The first-order valence-corrected chi connectivity index (χ1v) is 5.84. The molecule has 19 heavy (non-hydrogen) atoms. The Hall–Kier alpha value is -2.56. The Morgan fingerprint density at radius 1 is 1.16 bits per heavy atom. The van der Waals surface area contributed by atoms with Crippen LogP contribution >= 0.6 is 0 Å². The molecule has 1 heterocycles. The molecule has 5 heteroatoms. The highest BCUT2D eigenvalue weighted by molar-refractivity contribution is 6.04. The number of benzene rings is 1. The lowest BCUT2D eigenvalue weighted by Gasteiger charge is -2.13. The Kier molecular flexibility index (Phi) is 3.66. The summed E-state index contributed by atoms with van der Waals surface area (Å²) in [5, 5.41) is 2.74. The minimum Gasteiger partial charge on any atom is -0.378 e. The summed E-state index contributed by atoms with van der Waals surface area (Å²) in [6, 6.07) is 10.3. The van der Waals surface area contributed by atoms with Crippen LogP contribution in [0.1, 0.15) is 10.4 Å². The zero-order chi connectivity index (χ0) is 13.8. The van der Waals surface area contributed by atoms with Gasteiger partial charge in [-0.15, -0.1) is 0 Å². The summed E-state index contributed by atoms with van der Waals surface area (Å²) >= 11 is 0. The van der Waals surface area contributed by atoms with Gasteiger partial charge in [0.15, 0.2) is 0 Å². The van der Waals surface area contributed by atoms with E-state index in [9.17, 15) is 9.59 Å². The molecule has 0 bridgehead atoms. The van der Waals surface area contributed by atoms with Crippen molar-refractivity contribution < 1.29 is 4.79 Å². The van der Waals surface area contributed by atoms with Gasteiger partial charge in [0, 0.05) is 43.3 Å². The smallest absolute Gasteiger partial charge is 0.255 e. The number of pyridine rings is 1. The molecule has 0 unspecified atom stereocenters. The molecule has 1 aromatic heterocycles. The minimum absolute atomic E-state index is 0.296. The Bertz CT molecular complexity index is 630. The standard InChI is InChI=1S/C14H15N3O2/c1-17(2)12-5-3-11(4-6-12)16-14(19)10-7-8-15-13(18)9-10/h3-9H,1-2H3,(H,15,18)(H,16,19). The number of hydrogen-bond acceptors (Lipinski definition) is 3. The highest BCUT2D eigenvalue weighted by atomic mass is 16.2. The zero-order valence-electron chi connectivity index (χ0n) is 10.8. The quantitative estimate of drug-likeness (QED) is 0.879. The average molecular weight is 257 g/mol. The second-order valence-electron chi connectivity index (χ2n) is 4.34. The van der Waals surface area contributed by atoms with Crippen molar-refractivity contribution in [3.05, 3.63) is 58.5 Å². The van der Waals surface area contributed by atoms with Crippen LogP contribution in [0.15, 0.2) is 47.4 Å². The molecule has 0 fully saturated rings. The van der Waals surface area contributed by atoms with Crippen molar-refractivity contribution in [2.45, 2.75) is 0 Å². The molecule has 98 valence electrons. The van der Waals surface area contributed by atoms with Crippen LogP contribution in [0.2, 0.25) is 0 Å². The number of hydrogen-bond donors (Lipinski definition) is 2. The predicted molar refractivity (Wildman–Crippen MR) is 75.8 cm³/mol. The molecule has 5 nitrogen and oxygen atoms in total. The maximum Gasteiger partial charge on any atom is 0.255 e. The predicted octanol–water partition coefficient (Wildman–Crippen LogP) is 1.69. The van der Waals surface area contributed by atoms with E-state index in [0.717, 1.165) is 5.69 Å². The van der Waals surface area contributed by atoms with Crippen LogP contribution in [0.3, 0.4) is 0 Å². The van der Waals surface area contributed by atoms with Gasteiger partial charge in [-0.3, -0.25) is 9.59 Å². The average Bonchev–Trinajstić information content (AvgIpc) is 2.39. The van der Waals surface area contributed by atoms with Gasteiger partial charge in [0.2, 0.25) is 5.56 Å². The van der Waals surface area contributed by atoms with Gasteiger partial charge in [0.05, 0.1) is 0 Å². The Balaban J connectivity index is 2.13. The van der Waals surface area contributed by atoms with Crippen molar-refractivity contribution in [3.63, 3.8) is 0 Å². The summed E-state index contributed by atoms with van der Waals surface area (Å²) in [7, 11) is 3.90. The number of rotatable bonds is 3. The van der Waals surface area contributed by atoms with Crippen molar-refractivity contribution >= 4 is 17.3 Å². The van der Waals surface area contributed by atoms with Gasteiger partial charge in [-0.1, -0.05) is 0 Å². The Morgan fingerprint density at radius 2 is 1.84 bits per heavy atom. The van der Waals surface area contributed by atoms with E-state index < -0.39 is 0 Å². The highest BCUT2D eigenvalue weighted by Gasteiger charge is 2.06. The lowest BCUT2D eigenvalue weighted by atomic mass is 10.2. The Morgan fingerprint density at radius 3 is 2.42 bits per heavy atom. The summed E-state index contributed by atoms with van der Waals surface area (Å²) in [5.41, 5.74) is 1.78. The van der Waals surface area contributed by atoms with Crippen LogP contribution in [-0.2, 0) is 0 Å². The monoisotopic (exact) mass is 257 g/mol. The van der Waals surface area contributed by atoms with Gasteiger partial charge in [0.25, 0.3) is 5.91 Å². The molecule has 0 saturated heterocycles. The largest absolute Gasteiger partial charge is 0.378 e. The molecule has 0 radical (unpaired) electrons. The molecule has 2 rings (SSSR count). The molecule has 0 aliphatic rings. The number of aromatic nitrogens is 1. The van der Waals surface area contributed by atoms with Gasteiger partial charge in [-0.05, 0) is 30.3 Å². The summed E-state index contributed by atoms with van der Waals surface area (Å²) in [5.74, 6) is -0.302. The summed E-state index contributed by atoms with van der Waals surface area (Å²) in [6.07, 6.45) is 1.45. The molecule has 0 saturated carbocycles. The van der Waals surface area contributed by atoms with Gasteiger partial charge >= 0.3 is 0 Å². The highest BCUT2D eigenvalue weighted by Crippen LogP contribution is 2.16. The van der Waals surface area contributed by atoms with Crippen LogP contribution in [0.5, 0.6) is 0 Å². The second-order valence-corrected chi connectivity index (χ2v) is 4.34. The molecule has 0 spiro atoms. The van der Waals surface area contributed by atoms with E-state index in [2.05, 4.69) is 10.3 Å². The molecule has 0 atom stereocenters. The fraction of sp³-hybridized carbons (Fsp3) is 0.143. The van der Waals surface area contributed by atoms with Gasteiger partial charge in [-0.25, -0.2) is 0 Å². The van der Waals surface area contributed by atoms with Crippen LogP contribution in [0.25, 0.3) is 0 Å². The SMILES string of the molecule is CN(C)c1ccc(NC(=O)c2cc[nH]c(=O)c2)cc1. The van der Waals surface area contributed by atoms with E-state index in [1.807, 2.05) is 43.3 Å².